The van der Waals surface area contributed by atoms with Crippen molar-refractivity contribution >= 4 is 23.2 Å². The highest BCUT2D eigenvalue weighted by molar-refractivity contribution is 7.11. The van der Waals surface area contributed by atoms with Crippen molar-refractivity contribution in [2.75, 3.05) is 19.6 Å². The quantitative estimate of drug-likeness (QED) is 0.258. The molecule has 0 aliphatic carbocycles. The Kier molecular flexibility index (Phi) is 11.7. The predicted octanol–water partition coefficient (Wildman–Crippen LogP) is 4.79. The van der Waals surface area contributed by atoms with Crippen LogP contribution >= 0.6 is 11.3 Å². The standard InChI is InChI=1S/C30H38F2N4O3S/c1-5-7-36(8-6-2)30(39)23-10-19(3)9-22(14-23)29(38)35-27(13-21-11-24(31)15-25(32)12-21)28(37)18-33-16-26-17-34-20(4)40-26/h9-12,14-15,17,27-28,33,37H,5-8,13,16,18H2,1-4H3,(H,35,38)/t27-,28+/m0/s1. The summed E-state index contributed by atoms with van der Waals surface area (Å²) in [6.07, 6.45) is 2.33. The van der Waals surface area contributed by atoms with Crippen LogP contribution in [0.3, 0.4) is 0 Å². The summed E-state index contributed by atoms with van der Waals surface area (Å²) in [5, 5.41) is 18.0. The van der Waals surface area contributed by atoms with E-state index in [9.17, 15) is 23.5 Å². The number of nitrogens with one attached hydrogen (secondary N) is 2. The highest BCUT2D eigenvalue weighted by atomic mass is 32.1. The average Bonchev–Trinajstić information content (AvgIpc) is 3.31. The molecule has 0 aliphatic rings. The molecule has 10 heteroatoms. The number of aliphatic hydroxyl groups is 1. The zero-order chi connectivity index (χ0) is 29.2. The van der Waals surface area contributed by atoms with E-state index in [1.54, 1.807) is 29.3 Å². The molecule has 216 valence electrons. The van der Waals surface area contributed by atoms with E-state index in [4.69, 9.17) is 0 Å². The van der Waals surface area contributed by atoms with E-state index in [1.165, 1.54) is 23.5 Å². The number of aromatic nitrogens is 1. The van der Waals surface area contributed by atoms with Crippen LogP contribution < -0.4 is 10.6 Å². The third-order valence-electron chi connectivity index (χ3n) is 6.34. The van der Waals surface area contributed by atoms with Crippen molar-refractivity contribution in [1.29, 1.82) is 0 Å². The summed E-state index contributed by atoms with van der Waals surface area (Å²) in [6, 6.07) is 7.26. The van der Waals surface area contributed by atoms with Gasteiger partial charge in [-0.15, -0.1) is 11.3 Å². The molecule has 1 aromatic heterocycles. The van der Waals surface area contributed by atoms with Gasteiger partial charge in [0.1, 0.15) is 11.6 Å². The van der Waals surface area contributed by atoms with Crippen molar-refractivity contribution < 1.29 is 23.5 Å². The van der Waals surface area contributed by atoms with Gasteiger partial charge in [0.05, 0.1) is 17.2 Å². The maximum absolute atomic E-state index is 13.9. The molecule has 0 bridgehead atoms. The summed E-state index contributed by atoms with van der Waals surface area (Å²) in [5.41, 5.74) is 1.73. The lowest BCUT2D eigenvalue weighted by Gasteiger charge is -2.25. The van der Waals surface area contributed by atoms with Gasteiger partial charge < -0.3 is 20.6 Å². The first-order valence-corrected chi connectivity index (χ1v) is 14.4. The van der Waals surface area contributed by atoms with Crippen LogP contribution in [0.25, 0.3) is 0 Å². The van der Waals surface area contributed by atoms with Gasteiger partial charge in [0, 0.05) is 54.4 Å². The fourth-order valence-corrected chi connectivity index (χ4v) is 5.33. The van der Waals surface area contributed by atoms with E-state index in [-0.39, 0.29) is 24.4 Å². The summed E-state index contributed by atoms with van der Waals surface area (Å²) in [5.74, 6) is -2.11. The second-order valence-electron chi connectivity index (χ2n) is 9.99. The first kappa shape index (κ1) is 31.3. The number of hydrogen-bond acceptors (Lipinski definition) is 6. The molecule has 2 amide bonds. The van der Waals surface area contributed by atoms with Crippen molar-refractivity contribution in [2.45, 2.75) is 65.6 Å². The Bertz CT molecular complexity index is 1270. The fourth-order valence-electron chi connectivity index (χ4n) is 4.57. The van der Waals surface area contributed by atoms with Gasteiger partial charge >= 0.3 is 0 Å². The smallest absolute Gasteiger partial charge is 0.253 e. The summed E-state index contributed by atoms with van der Waals surface area (Å²) in [4.78, 5) is 33.6. The number of rotatable bonds is 14. The monoisotopic (exact) mass is 572 g/mol. The van der Waals surface area contributed by atoms with Crippen molar-refractivity contribution in [3.8, 4) is 0 Å². The third-order valence-corrected chi connectivity index (χ3v) is 7.25. The lowest BCUT2D eigenvalue weighted by atomic mass is 9.99. The number of aliphatic hydroxyl groups excluding tert-OH is 1. The van der Waals surface area contributed by atoms with Crippen LogP contribution in [0.5, 0.6) is 0 Å². The second kappa shape index (κ2) is 15.0. The Hall–Kier alpha value is -3.21. The SMILES string of the molecule is CCCN(CCC)C(=O)c1cc(C)cc(C(=O)N[C@@H](Cc2cc(F)cc(F)c2)[C@H](O)CNCc2cnc(C)s2)c1. The van der Waals surface area contributed by atoms with Gasteiger partial charge in [-0.05, 0) is 74.6 Å². The van der Waals surface area contributed by atoms with Crippen molar-refractivity contribution in [1.82, 2.24) is 20.5 Å². The first-order chi connectivity index (χ1) is 19.1. The largest absolute Gasteiger partial charge is 0.390 e. The van der Waals surface area contributed by atoms with Crippen LogP contribution in [0, 0.1) is 25.5 Å². The highest BCUT2D eigenvalue weighted by Crippen LogP contribution is 2.16. The minimum atomic E-state index is -1.07. The highest BCUT2D eigenvalue weighted by Gasteiger charge is 2.24. The Morgan fingerprint density at radius 1 is 1.00 bits per heavy atom. The summed E-state index contributed by atoms with van der Waals surface area (Å²) in [7, 11) is 0. The summed E-state index contributed by atoms with van der Waals surface area (Å²) in [6.45, 7) is 9.58. The van der Waals surface area contributed by atoms with Crippen LogP contribution in [0.4, 0.5) is 8.78 Å². The number of aryl methyl sites for hydroxylation is 2. The fraction of sp³-hybridized carbons (Fsp3) is 0.433. The van der Waals surface area contributed by atoms with E-state index >= 15 is 0 Å². The average molecular weight is 573 g/mol. The normalized spacial score (nSPS) is 12.7. The molecular weight excluding hydrogens is 534 g/mol. The lowest BCUT2D eigenvalue weighted by Crippen LogP contribution is -2.48. The van der Waals surface area contributed by atoms with Crippen LogP contribution in [0.15, 0.2) is 42.6 Å². The molecule has 0 saturated carbocycles. The molecule has 3 rings (SSSR count). The minimum Gasteiger partial charge on any atom is -0.390 e. The maximum atomic E-state index is 13.9. The molecule has 0 aliphatic heterocycles. The Morgan fingerprint density at radius 2 is 1.65 bits per heavy atom. The molecule has 2 aromatic carbocycles. The van der Waals surface area contributed by atoms with Crippen molar-refractivity contribution in [3.05, 3.63) is 86.4 Å². The molecule has 0 spiro atoms. The molecule has 1 heterocycles. The van der Waals surface area contributed by atoms with E-state index in [0.29, 0.717) is 30.8 Å². The van der Waals surface area contributed by atoms with Gasteiger partial charge in [0.15, 0.2) is 0 Å². The van der Waals surface area contributed by atoms with E-state index in [1.807, 2.05) is 27.7 Å². The summed E-state index contributed by atoms with van der Waals surface area (Å²) < 4.78 is 27.8. The van der Waals surface area contributed by atoms with E-state index in [2.05, 4.69) is 15.6 Å². The Labute approximate surface area is 238 Å². The Morgan fingerprint density at radius 3 is 2.25 bits per heavy atom. The number of amides is 2. The van der Waals surface area contributed by atoms with Crippen LogP contribution in [0.1, 0.15) is 68.4 Å². The number of halogens is 2. The molecule has 7 nitrogen and oxygen atoms in total. The topological polar surface area (TPSA) is 94.6 Å². The van der Waals surface area contributed by atoms with Gasteiger partial charge in [-0.2, -0.15) is 0 Å². The Balaban J connectivity index is 1.80. The molecule has 0 unspecified atom stereocenters. The maximum Gasteiger partial charge on any atom is 0.253 e. The van der Waals surface area contributed by atoms with Gasteiger partial charge in [-0.25, -0.2) is 13.8 Å². The molecular formula is C30H38F2N4O3S. The molecule has 0 saturated heterocycles. The predicted molar refractivity (Wildman–Crippen MR) is 154 cm³/mol. The molecule has 3 N–H and O–H groups in total. The first-order valence-electron chi connectivity index (χ1n) is 13.6. The van der Waals surface area contributed by atoms with Gasteiger partial charge in [0.2, 0.25) is 0 Å². The molecule has 3 aromatic rings. The third kappa shape index (κ3) is 9.18. The number of carbonyl (C=O) groups excluding carboxylic acids is 2. The van der Waals surface area contributed by atoms with Gasteiger partial charge in [-0.3, -0.25) is 9.59 Å². The minimum absolute atomic E-state index is 0.00130. The van der Waals surface area contributed by atoms with Crippen LogP contribution in [-0.2, 0) is 13.0 Å². The molecule has 40 heavy (non-hydrogen) atoms. The number of benzene rings is 2. The zero-order valence-corrected chi connectivity index (χ0v) is 24.3. The lowest BCUT2D eigenvalue weighted by molar-refractivity contribution is 0.0755. The number of nitrogens with zero attached hydrogens (tertiary/aromatic N) is 2. The number of carbonyl (C=O) groups is 2. The second-order valence-corrected chi connectivity index (χ2v) is 11.3. The molecule has 2 atom stereocenters. The summed E-state index contributed by atoms with van der Waals surface area (Å²) >= 11 is 1.54. The van der Waals surface area contributed by atoms with E-state index in [0.717, 1.165) is 34.4 Å². The van der Waals surface area contributed by atoms with E-state index < -0.39 is 29.7 Å². The van der Waals surface area contributed by atoms with Crippen LogP contribution in [0.2, 0.25) is 0 Å². The van der Waals surface area contributed by atoms with Crippen molar-refractivity contribution in [3.63, 3.8) is 0 Å². The molecule has 0 fully saturated rings. The molecule has 0 radical (unpaired) electrons. The number of hydrogen-bond donors (Lipinski definition) is 3. The zero-order valence-electron chi connectivity index (χ0n) is 23.5. The number of thiazole rings is 1. The van der Waals surface area contributed by atoms with Crippen LogP contribution in [-0.4, -0.2) is 58.6 Å². The van der Waals surface area contributed by atoms with Crippen molar-refractivity contribution in [2.24, 2.45) is 0 Å². The van der Waals surface area contributed by atoms with Gasteiger partial charge in [0.25, 0.3) is 11.8 Å². The van der Waals surface area contributed by atoms with Gasteiger partial charge in [-0.1, -0.05) is 13.8 Å².